The number of para-hydroxylation sites is 2. The number of rotatable bonds is 6. The number of benzene rings is 6. The van der Waals surface area contributed by atoms with Crippen molar-refractivity contribution in [3.05, 3.63) is 217 Å². The van der Waals surface area contributed by atoms with Gasteiger partial charge in [-0.15, -0.1) is 0 Å². The average molecular weight is 641 g/mol. The van der Waals surface area contributed by atoms with Gasteiger partial charge in [0, 0.05) is 23.2 Å². The average Bonchev–Trinajstić information content (AvgIpc) is 3.51. The van der Waals surface area contributed by atoms with Crippen molar-refractivity contribution in [3.63, 3.8) is 0 Å². The van der Waals surface area contributed by atoms with Crippen LogP contribution in [0.3, 0.4) is 0 Å². The maximum absolute atomic E-state index is 4.87. The van der Waals surface area contributed by atoms with E-state index in [1.807, 2.05) is 12.4 Å². The van der Waals surface area contributed by atoms with Crippen molar-refractivity contribution < 1.29 is 0 Å². The molecule has 0 N–H and O–H groups in total. The summed E-state index contributed by atoms with van der Waals surface area (Å²) < 4.78 is 0. The Morgan fingerprint density at radius 1 is 0.327 bits per heavy atom. The van der Waals surface area contributed by atoms with Gasteiger partial charge in [0.15, 0.2) is 8.07 Å². The Hall–Kier alpha value is -6.16. The third kappa shape index (κ3) is 4.62. The van der Waals surface area contributed by atoms with Crippen molar-refractivity contribution in [1.29, 1.82) is 0 Å². The van der Waals surface area contributed by atoms with E-state index in [1.54, 1.807) is 0 Å². The van der Waals surface area contributed by atoms with E-state index < -0.39 is 8.07 Å². The first-order valence-electron chi connectivity index (χ1n) is 16.8. The number of hydrogen-bond donors (Lipinski definition) is 0. The SMILES string of the molecule is c1ccc(C2=C(c3ccnc4ccccc34)[Si](c3ccccc3)(c3ccccc3)C(c3ccnc4ccccc34)=C2c2ccccc2)cc1. The van der Waals surface area contributed by atoms with Crippen molar-refractivity contribution >= 4 is 61.8 Å². The van der Waals surface area contributed by atoms with E-state index >= 15 is 0 Å². The third-order valence-electron chi connectivity index (χ3n) is 9.88. The molecule has 0 bridgehead atoms. The van der Waals surface area contributed by atoms with Crippen LogP contribution in [0.25, 0.3) is 43.3 Å². The third-order valence-corrected chi connectivity index (χ3v) is 14.8. The van der Waals surface area contributed by atoms with Crippen molar-refractivity contribution in [2.75, 3.05) is 0 Å². The van der Waals surface area contributed by atoms with Crippen LogP contribution < -0.4 is 10.4 Å². The summed E-state index contributed by atoms with van der Waals surface area (Å²) in [6.07, 6.45) is 3.98. The molecule has 230 valence electrons. The van der Waals surface area contributed by atoms with Crippen LogP contribution in [0.15, 0.2) is 194 Å². The summed E-state index contributed by atoms with van der Waals surface area (Å²) in [5.41, 5.74) is 9.40. The van der Waals surface area contributed by atoms with Crippen LogP contribution in [-0.2, 0) is 0 Å². The van der Waals surface area contributed by atoms with E-state index in [0.717, 1.165) is 21.8 Å². The molecule has 3 heterocycles. The first-order chi connectivity index (χ1) is 24.4. The monoisotopic (exact) mass is 640 g/mol. The first-order valence-corrected chi connectivity index (χ1v) is 18.8. The largest absolute Gasteiger partial charge is 0.256 e. The zero-order valence-electron chi connectivity index (χ0n) is 26.9. The van der Waals surface area contributed by atoms with E-state index in [4.69, 9.17) is 9.97 Å². The van der Waals surface area contributed by atoms with Crippen LogP contribution >= 0.6 is 0 Å². The Labute approximate surface area is 287 Å². The molecule has 0 amide bonds. The minimum absolute atomic E-state index is 0.994. The van der Waals surface area contributed by atoms with Crippen molar-refractivity contribution in [1.82, 2.24) is 9.97 Å². The molecule has 0 saturated carbocycles. The molecule has 1 aliphatic heterocycles. The Morgan fingerprint density at radius 2 is 0.673 bits per heavy atom. The minimum Gasteiger partial charge on any atom is -0.256 e. The lowest BCUT2D eigenvalue weighted by molar-refractivity contribution is 1.40. The molecule has 2 aromatic heterocycles. The molecule has 0 unspecified atom stereocenters. The van der Waals surface area contributed by atoms with Crippen molar-refractivity contribution in [2.45, 2.75) is 0 Å². The van der Waals surface area contributed by atoms with Crippen molar-refractivity contribution in [2.24, 2.45) is 0 Å². The van der Waals surface area contributed by atoms with E-state index in [-0.39, 0.29) is 0 Å². The Bertz CT molecular complexity index is 2330. The maximum atomic E-state index is 4.87. The zero-order chi connectivity index (χ0) is 32.6. The highest BCUT2D eigenvalue weighted by molar-refractivity contribution is 7.29. The second kappa shape index (κ2) is 12.1. The molecule has 6 aromatic carbocycles. The highest BCUT2D eigenvalue weighted by Gasteiger charge is 2.53. The van der Waals surface area contributed by atoms with Crippen LogP contribution in [0.2, 0.25) is 0 Å². The fraction of sp³-hybridized carbons (Fsp3) is 0. The topological polar surface area (TPSA) is 25.8 Å². The Balaban J connectivity index is 1.60. The lowest BCUT2D eigenvalue weighted by Crippen LogP contribution is -2.59. The second-order valence-electron chi connectivity index (χ2n) is 12.5. The summed E-state index contributed by atoms with van der Waals surface area (Å²) in [6.45, 7) is 0. The molecule has 9 rings (SSSR count). The van der Waals surface area contributed by atoms with Crippen LogP contribution in [0.5, 0.6) is 0 Å². The summed E-state index contributed by atoms with van der Waals surface area (Å²) in [4.78, 5) is 9.74. The number of pyridine rings is 2. The predicted molar refractivity (Wildman–Crippen MR) is 208 cm³/mol. The van der Waals surface area contributed by atoms with E-state index in [1.165, 1.54) is 54.2 Å². The maximum Gasteiger partial charge on any atom is 0.182 e. The minimum atomic E-state index is -3.15. The quantitative estimate of drug-likeness (QED) is 0.169. The number of aromatic nitrogens is 2. The van der Waals surface area contributed by atoms with Crippen LogP contribution in [0, 0.1) is 0 Å². The highest BCUT2D eigenvalue weighted by atomic mass is 28.3. The number of nitrogens with zero attached hydrogens (tertiary/aromatic N) is 2. The summed E-state index contributed by atoms with van der Waals surface area (Å²) in [5, 5.41) is 7.75. The molecule has 0 aliphatic carbocycles. The zero-order valence-corrected chi connectivity index (χ0v) is 27.9. The Kier molecular flexibility index (Phi) is 7.18. The van der Waals surface area contributed by atoms with Gasteiger partial charge in [-0.25, -0.2) is 0 Å². The number of hydrogen-bond acceptors (Lipinski definition) is 2. The molecule has 2 nitrogen and oxygen atoms in total. The molecule has 0 saturated heterocycles. The summed E-state index contributed by atoms with van der Waals surface area (Å²) >= 11 is 0. The molecule has 0 spiro atoms. The number of allylic oxidation sites excluding steroid dienone is 2. The molecule has 0 atom stereocenters. The predicted octanol–water partition coefficient (Wildman–Crippen LogP) is 9.66. The normalized spacial score (nSPS) is 14.1. The van der Waals surface area contributed by atoms with Gasteiger partial charge in [-0.3, -0.25) is 9.97 Å². The Morgan fingerprint density at radius 3 is 1.08 bits per heavy atom. The molecular formula is C46H32N2Si. The van der Waals surface area contributed by atoms with E-state index in [2.05, 4.69) is 182 Å². The van der Waals surface area contributed by atoms with Crippen LogP contribution in [0.4, 0.5) is 0 Å². The number of fused-ring (bicyclic) bond motifs is 2. The summed E-state index contributed by atoms with van der Waals surface area (Å²) in [6, 6.07) is 66.3. The lowest BCUT2D eigenvalue weighted by atomic mass is 9.88. The fourth-order valence-corrected chi connectivity index (χ4v) is 13.6. The van der Waals surface area contributed by atoms with Gasteiger partial charge >= 0.3 is 0 Å². The van der Waals surface area contributed by atoms with Gasteiger partial charge in [0.05, 0.1) is 11.0 Å². The van der Waals surface area contributed by atoms with Gasteiger partial charge in [0.2, 0.25) is 0 Å². The van der Waals surface area contributed by atoms with Gasteiger partial charge < -0.3 is 0 Å². The molecule has 0 fully saturated rings. The smallest absolute Gasteiger partial charge is 0.182 e. The molecule has 3 heteroatoms. The molecule has 0 radical (unpaired) electrons. The molecule has 1 aliphatic rings. The lowest BCUT2D eigenvalue weighted by Gasteiger charge is -2.36. The highest BCUT2D eigenvalue weighted by Crippen LogP contribution is 2.56. The van der Waals surface area contributed by atoms with Crippen LogP contribution in [0.1, 0.15) is 22.3 Å². The molecule has 8 aromatic rings. The molecular weight excluding hydrogens is 609 g/mol. The van der Waals surface area contributed by atoms with E-state index in [9.17, 15) is 0 Å². The summed E-state index contributed by atoms with van der Waals surface area (Å²) in [7, 11) is -3.15. The fourth-order valence-electron chi connectivity index (χ4n) is 7.96. The second-order valence-corrected chi connectivity index (χ2v) is 16.1. The standard InChI is InChI=1S/C46H32N2Si/c1-5-17-33(18-6-1)43-44(34-19-7-2-8-20-34)46(40-30-32-48-42-28-16-14-26-38(40)42)49(35-21-9-3-10-22-35,36-23-11-4-12-24-36)45(43)39-29-31-47-41-27-15-13-25-37(39)41/h1-32H. The van der Waals surface area contributed by atoms with Crippen LogP contribution in [-0.4, -0.2) is 18.0 Å². The first kappa shape index (κ1) is 29.0. The van der Waals surface area contributed by atoms with Gasteiger partial charge in [0.1, 0.15) is 0 Å². The van der Waals surface area contributed by atoms with E-state index in [0.29, 0.717) is 0 Å². The van der Waals surface area contributed by atoms with Gasteiger partial charge in [0.25, 0.3) is 0 Å². The van der Waals surface area contributed by atoms with Gasteiger partial charge in [-0.05, 0) is 78.4 Å². The molecule has 49 heavy (non-hydrogen) atoms. The van der Waals surface area contributed by atoms with Gasteiger partial charge in [-0.2, -0.15) is 0 Å². The van der Waals surface area contributed by atoms with Crippen molar-refractivity contribution in [3.8, 4) is 0 Å². The van der Waals surface area contributed by atoms with Gasteiger partial charge in [-0.1, -0.05) is 158 Å². The summed E-state index contributed by atoms with van der Waals surface area (Å²) in [5.74, 6) is 0.